The Balaban J connectivity index is 1.74. The van der Waals surface area contributed by atoms with Crippen LogP contribution in [0.25, 0.3) is 0 Å². The van der Waals surface area contributed by atoms with Crippen molar-refractivity contribution in [2.45, 2.75) is 22.7 Å². The normalized spacial score (nSPS) is 21.6. The number of sulfonamides is 1. The summed E-state index contributed by atoms with van der Waals surface area (Å²) in [6.07, 6.45) is 2.28. The van der Waals surface area contributed by atoms with Crippen LogP contribution in [0.4, 0.5) is 0 Å². The van der Waals surface area contributed by atoms with Crippen LogP contribution >= 0.6 is 22.9 Å². The van der Waals surface area contributed by atoms with Crippen molar-refractivity contribution in [2.75, 3.05) is 13.1 Å². The van der Waals surface area contributed by atoms with E-state index in [0.717, 1.165) is 11.3 Å². The van der Waals surface area contributed by atoms with E-state index in [9.17, 15) is 13.2 Å². The fraction of sp³-hybridized carbons (Fsp3) is 0.417. The molecule has 3 rings (SSSR count). The standard InChI is InChI=1S/C12H13ClN2O5S2/c13-9-1-2-10(21-9)22(18,19)15-5-3-12(4-6-15)7-8(11(16)17)14-20-12/h1-2,7,14H,3-6H2,(H,16,17). The summed E-state index contributed by atoms with van der Waals surface area (Å²) in [6.45, 7) is 0.506. The van der Waals surface area contributed by atoms with E-state index >= 15 is 0 Å². The molecule has 2 aliphatic heterocycles. The topological polar surface area (TPSA) is 95.9 Å². The third-order valence-corrected chi connectivity index (χ3v) is 7.31. The van der Waals surface area contributed by atoms with Crippen LogP contribution in [0.3, 0.4) is 0 Å². The van der Waals surface area contributed by atoms with E-state index in [4.69, 9.17) is 21.5 Å². The first kappa shape index (κ1) is 15.8. The number of carbonyl (C=O) groups is 1. The quantitative estimate of drug-likeness (QED) is 0.842. The molecule has 2 N–H and O–H groups in total. The maximum Gasteiger partial charge on any atom is 0.354 e. The summed E-state index contributed by atoms with van der Waals surface area (Å²) in [5.41, 5.74) is 1.61. The second-order valence-corrected chi connectivity index (χ2v) is 8.97. The van der Waals surface area contributed by atoms with E-state index in [1.807, 2.05) is 0 Å². The van der Waals surface area contributed by atoms with Gasteiger partial charge in [0.25, 0.3) is 10.0 Å². The zero-order chi connectivity index (χ0) is 16.0. The molecule has 3 heterocycles. The lowest BCUT2D eigenvalue weighted by atomic mass is 9.92. The second-order valence-electron chi connectivity index (χ2n) is 5.09. The van der Waals surface area contributed by atoms with Crippen LogP contribution in [0, 0.1) is 0 Å². The van der Waals surface area contributed by atoms with Gasteiger partial charge in [0.05, 0.1) is 4.34 Å². The minimum atomic E-state index is -3.56. The largest absolute Gasteiger partial charge is 0.477 e. The first-order valence-corrected chi connectivity index (χ1v) is 9.12. The molecule has 1 aromatic rings. The summed E-state index contributed by atoms with van der Waals surface area (Å²) in [4.78, 5) is 16.3. The van der Waals surface area contributed by atoms with Gasteiger partial charge < -0.3 is 5.11 Å². The van der Waals surface area contributed by atoms with Crippen molar-refractivity contribution in [3.05, 3.63) is 28.2 Å². The molecule has 0 unspecified atom stereocenters. The predicted octanol–water partition coefficient (Wildman–Crippen LogP) is 1.43. The van der Waals surface area contributed by atoms with Gasteiger partial charge in [-0.25, -0.2) is 13.2 Å². The first-order valence-electron chi connectivity index (χ1n) is 6.48. The Bertz CT molecular complexity index is 734. The van der Waals surface area contributed by atoms with Gasteiger partial charge in [0.15, 0.2) is 0 Å². The van der Waals surface area contributed by atoms with Gasteiger partial charge in [-0.3, -0.25) is 10.3 Å². The molecule has 0 radical (unpaired) electrons. The molecule has 0 aliphatic carbocycles. The zero-order valence-corrected chi connectivity index (χ0v) is 13.7. The van der Waals surface area contributed by atoms with Crippen LogP contribution in [0.1, 0.15) is 12.8 Å². The molecule has 1 fully saturated rings. The lowest BCUT2D eigenvalue weighted by Crippen LogP contribution is -2.46. The number of nitrogens with zero attached hydrogens (tertiary/aromatic N) is 1. The van der Waals surface area contributed by atoms with Crippen molar-refractivity contribution in [3.8, 4) is 0 Å². The van der Waals surface area contributed by atoms with Crippen LogP contribution in [-0.4, -0.2) is 42.5 Å². The molecule has 1 spiro atoms. The smallest absolute Gasteiger partial charge is 0.354 e. The average molecular weight is 365 g/mol. The highest BCUT2D eigenvalue weighted by Gasteiger charge is 2.42. The highest BCUT2D eigenvalue weighted by Crippen LogP contribution is 2.35. The number of rotatable bonds is 3. The second kappa shape index (κ2) is 5.50. The maximum absolute atomic E-state index is 12.5. The van der Waals surface area contributed by atoms with Gasteiger partial charge in [0, 0.05) is 13.1 Å². The lowest BCUT2D eigenvalue weighted by molar-refractivity contribution is -0.135. The molecule has 7 nitrogen and oxygen atoms in total. The van der Waals surface area contributed by atoms with Crippen molar-refractivity contribution in [2.24, 2.45) is 0 Å². The van der Waals surface area contributed by atoms with Gasteiger partial charge in [-0.2, -0.15) is 4.31 Å². The van der Waals surface area contributed by atoms with Crippen LogP contribution in [-0.2, 0) is 19.7 Å². The minimum absolute atomic E-state index is 0.0126. The number of hydrogen-bond acceptors (Lipinski definition) is 6. The van der Waals surface area contributed by atoms with E-state index in [2.05, 4.69) is 5.48 Å². The molecule has 2 aliphatic rings. The lowest BCUT2D eigenvalue weighted by Gasteiger charge is -2.35. The number of carboxylic acid groups (broad SMARTS) is 1. The molecule has 0 aromatic carbocycles. The molecule has 0 atom stereocenters. The molecular weight excluding hydrogens is 352 g/mol. The van der Waals surface area contributed by atoms with E-state index in [1.54, 1.807) is 6.07 Å². The van der Waals surface area contributed by atoms with Gasteiger partial charge in [0.1, 0.15) is 15.5 Å². The molecule has 1 saturated heterocycles. The number of halogens is 1. The van der Waals surface area contributed by atoms with E-state index < -0.39 is 21.6 Å². The first-order chi connectivity index (χ1) is 10.3. The van der Waals surface area contributed by atoms with Crippen LogP contribution in [0.5, 0.6) is 0 Å². The summed E-state index contributed by atoms with van der Waals surface area (Å²) in [6, 6.07) is 3.04. The Hall–Kier alpha value is -1.13. The van der Waals surface area contributed by atoms with Gasteiger partial charge in [-0.15, -0.1) is 11.3 Å². The predicted molar refractivity (Wildman–Crippen MR) is 80.0 cm³/mol. The molecule has 0 saturated carbocycles. The van der Waals surface area contributed by atoms with Gasteiger partial charge in [0.2, 0.25) is 0 Å². The van der Waals surface area contributed by atoms with Crippen molar-refractivity contribution in [1.29, 1.82) is 0 Å². The number of piperidine rings is 1. The van der Waals surface area contributed by atoms with Crippen LogP contribution in [0.2, 0.25) is 4.34 Å². The minimum Gasteiger partial charge on any atom is -0.477 e. The average Bonchev–Trinajstić information content (AvgIpc) is 3.07. The Kier molecular flexibility index (Phi) is 3.94. The van der Waals surface area contributed by atoms with Crippen molar-refractivity contribution >= 4 is 38.9 Å². The molecule has 120 valence electrons. The van der Waals surface area contributed by atoms with E-state index in [-0.39, 0.29) is 23.0 Å². The van der Waals surface area contributed by atoms with Gasteiger partial charge in [-0.1, -0.05) is 11.6 Å². The third-order valence-electron chi connectivity index (χ3n) is 3.71. The summed E-state index contributed by atoms with van der Waals surface area (Å²) in [5.74, 6) is -1.10. The molecule has 0 bridgehead atoms. The van der Waals surface area contributed by atoms with Crippen LogP contribution < -0.4 is 5.48 Å². The Labute approximate surface area is 136 Å². The summed E-state index contributed by atoms with van der Waals surface area (Å²) in [7, 11) is -3.56. The number of hydrogen-bond donors (Lipinski definition) is 2. The Morgan fingerprint density at radius 2 is 2.09 bits per heavy atom. The Morgan fingerprint density at radius 3 is 2.59 bits per heavy atom. The number of hydroxylamine groups is 1. The highest BCUT2D eigenvalue weighted by atomic mass is 35.5. The number of thiophene rings is 1. The van der Waals surface area contributed by atoms with Crippen LogP contribution in [0.15, 0.2) is 28.1 Å². The monoisotopic (exact) mass is 364 g/mol. The van der Waals surface area contributed by atoms with E-state index in [1.165, 1.54) is 16.4 Å². The zero-order valence-electron chi connectivity index (χ0n) is 11.3. The third kappa shape index (κ3) is 2.74. The number of aliphatic carboxylic acids is 1. The van der Waals surface area contributed by atoms with Gasteiger partial charge >= 0.3 is 5.97 Å². The Morgan fingerprint density at radius 1 is 1.41 bits per heavy atom. The molecule has 10 heteroatoms. The molecular formula is C12H13ClN2O5S2. The summed E-state index contributed by atoms with van der Waals surface area (Å²) < 4.78 is 27.0. The fourth-order valence-electron chi connectivity index (χ4n) is 2.50. The maximum atomic E-state index is 12.5. The van der Waals surface area contributed by atoms with E-state index in [0.29, 0.717) is 17.2 Å². The van der Waals surface area contributed by atoms with Crippen molar-refractivity contribution in [1.82, 2.24) is 9.79 Å². The van der Waals surface area contributed by atoms with Crippen molar-refractivity contribution in [3.63, 3.8) is 0 Å². The number of nitrogens with one attached hydrogen (secondary N) is 1. The highest BCUT2D eigenvalue weighted by molar-refractivity contribution is 7.91. The summed E-state index contributed by atoms with van der Waals surface area (Å²) >= 11 is 6.81. The fourth-order valence-corrected chi connectivity index (χ4v) is 5.58. The summed E-state index contributed by atoms with van der Waals surface area (Å²) in [5, 5.41) is 8.93. The number of carboxylic acids is 1. The molecule has 22 heavy (non-hydrogen) atoms. The SMILES string of the molecule is O=C(O)C1=CC2(CCN(S(=O)(=O)c3ccc(Cl)s3)CC2)ON1. The molecule has 0 amide bonds. The molecule has 1 aromatic heterocycles. The van der Waals surface area contributed by atoms with Crippen molar-refractivity contribution < 1.29 is 23.2 Å². The van der Waals surface area contributed by atoms with Gasteiger partial charge in [-0.05, 0) is 31.1 Å².